The summed E-state index contributed by atoms with van der Waals surface area (Å²) in [5.41, 5.74) is 3.69. The highest BCUT2D eigenvalue weighted by Crippen LogP contribution is 2.23. The van der Waals surface area contributed by atoms with Gasteiger partial charge in [0.25, 0.3) is 0 Å². The third-order valence-electron chi connectivity index (χ3n) is 2.68. The smallest absolute Gasteiger partial charge is 0.0461 e. The highest BCUT2D eigenvalue weighted by atomic mass is 14.8. The summed E-state index contributed by atoms with van der Waals surface area (Å²) in [6.45, 7) is 4.83. The number of aromatic amines is 1. The van der Waals surface area contributed by atoms with Crippen LogP contribution in [0.15, 0.2) is 30.8 Å². The molecule has 2 heteroatoms. The van der Waals surface area contributed by atoms with Crippen molar-refractivity contribution in [3.63, 3.8) is 0 Å². The van der Waals surface area contributed by atoms with Crippen LogP contribution in [-0.2, 0) is 6.42 Å². The quantitative estimate of drug-likeness (QED) is 0.780. The van der Waals surface area contributed by atoms with Crippen LogP contribution in [0.5, 0.6) is 0 Å². The minimum atomic E-state index is 0.989. The summed E-state index contributed by atoms with van der Waals surface area (Å²) in [7, 11) is 1.97. The SMILES string of the molecule is C=Cc1[nH]c2ccccc2c1CCNC. The van der Waals surface area contributed by atoms with E-state index in [4.69, 9.17) is 0 Å². The van der Waals surface area contributed by atoms with E-state index in [1.165, 1.54) is 16.5 Å². The molecule has 0 unspecified atom stereocenters. The van der Waals surface area contributed by atoms with Gasteiger partial charge in [-0.25, -0.2) is 0 Å². The van der Waals surface area contributed by atoms with Gasteiger partial charge in [0.05, 0.1) is 0 Å². The standard InChI is InChI=1S/C13H16N2/c1-3-12-11(8-9-14-2)10-6-4-5-7-13(10)15-12/h3-7,14-15H,1,8-9H2,2H3. The van der Waals surface area contributed by atoms with Gasteiger partial charge in [-0.3, -0.25) is 0 Å². The Balaban J connectivity index is 2.51. The molecule has 1 heterocycles. The second-order valence-electron chi connectivity index (χ2n) is 3.62. The van der Waals surface area contributed by atoms with Crippen molar-refractivity contribution >= 4 is 17.0 Å². The van der Waals surface area contributed by atoms with Crippen LogP contribution in [0, 0.1) is 0 Å². The second kappa shape index (κ2) is 4.32. The number of para-hydroxylation sites is 1. The normalized spacial score (nSPS) is 10.7. The lowest BCUT2D eigenvalue weighted by Gasteiger charge is -2.00. The van der Waals surface area contributed by atoms with Crippen LogP contribution in [0.1, 0.15) is 11.3 Å². The zero-order valence-corrected chi connectivity index (χ0v) is 9.01. The number of fused-ring (bicyclic) bond motifs is 1. The van der Waals surface area contributed by atoms with Crippen molar-refractivity contribution in [1.82, 2.24) is 10.3 Å². The average molecular weight is 200 g/mol. The van der Waals surface area contributed by atoms with E-state index in [1.807, 2.05) is 19.2 Å². The predicted molar refractivity (Wildman–Crippen MR) is 66.0 cm³/mol. The van der Waals surface area contributed by atoms with E-state index >= 15 is 0 Å². The number of aromatic nitrogens is 1. The fourth-order valence-corrected chi connectivity index (χ4v) is 1.91. The molecule has 2 aromatic rings. The molecule has 0 saturated heterocycles. The molecule has 15 heavy (non-hydrogen) atoms. The molecule has 0 saturated carbocycles. The number of likely N-dealkylation sites (N-methyl/N-ethyl adjacent to an activating group) is 1. The molecule has 0 radical (unpaired) electrons. The Morgan fingerprint density at radius 1 is 1.40 bits per heavy atom. The Kier molecular flexibility index (Phi) is 2.88. The van der Waals surface area contributed by atoms with E-state index < -0.39 is 0 Å². The maximum absolute atomic E-state index is 3.84. The Hall–Kier alpha value is -1.54. The van der Waals surface area contributed by atoms with Gasteiger partial charge >= 0.3 is 0 Å². The highest BCUT2D eigenvalue weighted by molar-refractivity contribution is 5.87. The van der Waals surface area contributed by atoms with Gasteiger partial charge in [0.2, 0.25) is 0 Å². The van der Waals surface area contributed by atoms with Gasteiger partial charge in [-0.05, 0) is 37.7 Å². The summed E-state index contributed by atoms with van der Waals surface area (Å²) < 4.78 is 0. The van der Waals surface area contributed by atoms with Crippen LogP contribution in [0.4, 0.5) is 0 Å². The van der Waals surface area contributed by atoms with E-state index in [2.05, 4.69) is 35.1 Å². The third kappa shape index (κ3) is 1.81. The molecular formula is C13H16N2. The van der Waals surface area contributed by atoms with Crippen LogP contribution in [0.25, 0.3) is 17.0 Å². The second-order valence-corrected chi connectivity index (χ2v) is 3.62. The number of nitrogens with one attached hydrogen (secondary N) is 2. The van der Waals surface area contributed by atoms with Crippen LogP contribution < -0.4 is 5.32 Å². The van der Waals surface area contributed by atoms with Gasteiger partial charge in [0.1, 0.15) is 0 Å². The molecule has 0 fully saturated rings. The van der Waals surface area contributed by atoms with E-state index in [0.29, 0.717) is 0 Å². The van der Waals surface area contributed by atoms with Crippen LogP contribution >= 0.6 is 0 Å². The van der Waals surface area contributed by atoms with E-state index in [0.717, 1.165) is 18.7 Å². The average Bonchev–Trinajstić information content (AvgIpc) is 2.64. The van der Waals surface area contributed by atoms with Crippen molar-refractivity contribution in [2.24, 2.45) is 0 Å². The van der Waals surface area contributed by atoms with Gasteiger partial charge in [0, 0.05) is 16.6 Å². The summed E-state index contributed by atoms with van der Waals surface area (Å²) in [6.07, 6.45) is 2.92. The first-order chi connectivity index (χ1) is 7.36. The lowest BCUT2D eigenvalue weighted by molar-refractivity contribution is 0.794. The van der Waals surface area contributed by atoms with Gasteiger partial charge in [-0.1, -0.05) is 24.8 Å². The Morgan fingerprint density at radius 3 is 2.93 bits per heavy atom. The molecule has 2 N–H and O–H groups in total. The maximum Gasteiger partial charge on any atom is 0.0461 e. The first-order valence-corrected chi connectivity index (χ1v) is 5.23. The first kappa shape index (κ1) is 9.99. The van der Waals surface area contributed by atoms with E-state index in [-0.39, 0.29) is 0 Å². The summed E-state index contributed by atoms with van der Waals surface area (Å²) in [4.78, 5) is 3.38. The molecule has 2 nitrogen and oxygen atoms in total. The zero-order valence-electron chi connectivity index (χ0n) is 9.01. The zero-order chi connectivity index (χ0) is 10.7. The van der Waals surface area contributed by atoms with Crippen molar-refractivity contribution in [2.75, 3.05) is 13.6 Å². The summed E-state index contributed by atoms with van der Waals surface area (Å²) >= 11 is 0. The molecule has 0 aliphatic heterocycles. The predicted octanol–water partition coefficient (Wildman–Crippen LogP) is 2.57. The number of hydrogen-bond donors (Lipinski definition) is 2. The van der Waals surface area contributed by atoms with Crippen molar-refractivity contribution in [3.05, 3.63) is 42.1 Å². The van der Waals surface area contributed by atoms with Gasteiger partial charge in [-0.2, -0.15) is 0 Å². The molecule has 0 spiro atoms. The number of rotatable bonds is 4. The summed E-state index contributed by atoms with van der Waals surface area (Å²) in [6, 6.07) is 8.38. The van der Waals surface area contributed by atoms with Crippen molar-refractivity contribution in [3.8, 4) is 0 Å². The fourth-order valence-electron chi connectivity index (χ4n) is 1.91. The summed E-state index contributed by atoms with van der Waals surface area (Å²) in [5.74, 6) is 0. The lowest BCUT2D eigenvalue weighted by atomic mass is 10.1. The molecule has 0 aliphatic carbocycles. The van der Waals surface area contributed by atoms with Crippen molar-refractivity contribution in [1.29, 1.82) is 0 Å². The van der Waals surface area contributed by atoms with Gasteiger partial charge in [-0.15, -0.1) is 0 Å². The minimum Gasteiger partial charge on any atom is -0.355 e. The number of benzene rings is 1. The monoisotopic (exact) mass is 200 g/mol. The van der Waals surface area contributed by atoms with Crippen molar-refractivity contribution < 1.29 is 0 Å². The molecule has 0 aliphatic rings. The van der Waals surface area contributed by atoms with E-state index in [9.17, 15) is 0 Å². The molecule has 0 bridgehead atoms. The summed E-state index contributed by atoms with van der Waals surface area (Å²) in [5, 5.41) is 4.48. The van der Waals surface area contributed by atoms with Crippen molar-refractivity contribution in [2.45, 2.75) is 6.42 Å². The molecular weight excluding hydrogens is 184 g/mol. The molecule has 1 aromatic carbocycles. The molecule has 78 valence electrons. The number of hydrogen-bond acceptors (Lipinski definition) is 1. The number of H-pyrrole nitrogens is 1. The topological polar surface area (TPSA) is 27.8 Å². The molecule has 0 atom stereocenters. The van der Waals surface area contributed by atoms with Crippen LogP contribution in [-0.4, -0.2) is 18.6 Å². The maximum atomic E-state index is 3.84. The first-order valence-electron chi connectivity index (χ1n) is 5.23. The Morgan fingerprint density at radius 2 is 2.20 bits per heavy atom. The Labute approximate surface area is 90.0 Å². The minimum absolute atomic E-state index is 0.989. The molecule has 1 aromatic heterocycles. The largest absolute Gasteiger partial charge is 0.355 e. The van der Waals surface area contributed by atoms with Gasteiger partial charge < -0.3 is 10.3 Å². The fraction of sp³-hybridized carbons (Fsp3) is 0.231. The van der Waals surface area contributed by atoms with E-state index in [1.54, 1.807) is 0 Å². The van der Waals surface area contributed by atoms with Gasteiger partial charge in [0.15, 0.2) is 0 Å². The lowest BCUT2D eigenvalue weighted by Crippen LogP contribution is -2.10. The molecule has 2 rings (SSSR count). The third-order valence-corrected chi connectivity index (χ3v) is 2.68. The molecule has 0 amide bonds. The highest BCUT2D eigenvalue weighted by Gasteiger charge is 2.07. The van der Waals surface area contributed by atoms with Crippen LogP contribution in [0.3, 0.4) is 0 Å². The Bertz CT molecular complexity index is 468. The van der Waals surface area contributed by atoms with Crippen LogP contribution in [0.2, 0.25) is 0 Å².